The van der Waals surface area contributed by atoms with Crippen LogP contribution in [0.25, 0.3) is 0 Å². The lowest BCUT2D eigenvalue weighted by Gasteiger charge is -2.20. The molecule has 1 fully saturated rings. The molecule has 0 aromatic rings. The van der Waals surface area contributed by atoms with Crippen molar-refractivity contribution in [3.8, 4) is 0 Å². The Labute approximate surface area is 91.3 Å². The Balaban J connectivity index is 2.20. The number of amides is 1. The molecule has 0 spiro atoms. The fraction of sp³-hybridized carbons (Fsp3) is 0.900. The molecule has 1 rings (SSSR count). The standard InChI is InChI=1S/C10H21N3O2/c1-12(15-2)10(14)4-8-13-7-3-5-11-6-9-13/h11H,3-9H2,1-2H3. The molecule has 1 N–H and O–H groups in total. The molecule has 88 valence electrons. The molecule has 5 nitrogen and oxygen atoms in total. The Hall–Kier alpha value is -0.650. The van der Waals surface area contributed by atoms with Gasteiger partial charge in [-0.15, -0.1) is 0 Å². The predicted octanol–water partition coefficient (Wildman–Crippen LogP) is -0.308. The topological polar surface area (TPSA) is 44.8 Å². The third kappa shape index (κ3) is 4.59. The van der Waals surface area contributed by atoms with Crippen molar-refractivity contribution in [1.82, 2.24) is 15.3 Å². The molecule has 0 saturated carbocycles. The monoisotopic (exact) mass is 215 g/mol. The minimum atomic E-state index is 0.0368. The largest absolute Gasteiger partial charge is 0.315 e. The number of carbonyl (C=O) groups is 1. The maximum atomic E-state index is 11.5. The number of rotatable bonds is 4. The third-order valence-corrected chi connectivity index (χ3v) is 2.70. The molecule has 1 aliphatic rings. The Kier molecular flexibility index (Phi) is 5.60. The van der Waals surface area contributed by atoms with E-state index in [9.17, 15) is 4.79 Å². The molecule has 0 bridgehead atoms. The van der Waals surface area contributed by atoms with Crippen LogP contribution in [-0.4, -0.2) is 62.8 Å². The van der Waals surface area contributed by atoms with Crippen LogP contribution in [0.5, 0.6) is 0 Å². The van der Waals surface area contributed by atoms with Crippen LogP contribution in [0.2, 0.25) is 0 Å². The van der Waals surface area contributed by atoms with Crippen molar-refractivity contribution in [2.24, 2.45) is 0 Å². The third-order valence-electron chi connectivity index (χ3n) is 2.70. The molecule has 0 aromatic heterocycles. The summed E-state index contributed by atoms with van der Waals surface area (Å²) in [6.45, 7) is 5.05. The van der Waals surface area contributed by atoms with Gasteiger partial charge in [0.15, 0.2) is 0 Å². The van der Waals surface area contributed by atoms with E-state index in [-0.39, 0.29) is 5.91 Å². The van der Waals surface area contributed by atoms with Crippen molar-refractivity contribution in [3.63, 3.8) is 0 Å². The lowest BCUT2D eigenvalue weighted by atomic mass is 10.3. The molecular formula is C10H21N3O2. The first-order valence-corrected chi connectivity index (χ1v) is 5.48. The second-order valence-corrected chi connectivity index (χ2v) is 3.77. The summed E-state index contributed by atoms with van der Waals surface area (Å²) < 4.78 is 0. The molecular weight excluding hydrogens is 194 g/mol. The zero-order valence-corrected chi connectivity index (χ0v) is 9.66. The van der Waals surface area contributed by atoms with Crippen molar-refractivity contribution in [3.05, 3.63) is 0 Å². The Morgan fingerprint density at radius 3 is 3.00 bits per heavy atom. The molecule has 0 aromatic carbocycles. The SMILES string of the molecule is CON(C)C(=O)CCN1CCCNCC1. The first kappa shape index (κ1) is 12.4. The number of nitrogens with one attached hydrogen (secondary N) is 1. The lowest BCUT2D eigenvalue weighted by molar-refractivity contribution is -0.168. The molecule has 0 aliphatic carbocycles. The zero-order valence-electron chi connectivity index (χ0n) is 9.66. The van der Waals surface area contributed by atoms with Crippen LogP contribution in [0.1, 0.15) is 12.8 Å². The van der Waals surface area contributed by atoms with Crippen LogP contribution in [0, 0.1) is 0 Å². The van der Waals surface area contributed by atoms with Gasteiger partial charge in [-0.3, -0.25) is 9.63 Å². The quantitative estimate of drug-likeness (QED) is 0.654. The number of hydrogen-bond acceptors (Lipinski definition) is 4. The fourth-order valence-electron chi connectivity index (χ4n) is 1.64. The van der Waals surface area contributed by atoms with Crippen LogP contribution in [0.4, 0.5) is 0 Å². The van der Waals surface area contributed by atoms with Crippen LogP contribution in [-0.2, 0) is 9.63 Å². The molecule has 5 heteroatoms. The Morgan fingerprint density at radius 2 is 2.27 bits per heavy atom. The average molecular weight is 215 g/mol. The molecule has 1 amide bonds. The van der Waals surface area contributed by atoms with E-state index in [0.29, 0.717) is 6.42 Å². The summed E-state index contributed by atoms with van der Waals surface area (Å²) in [5, 5.41) is 4.62. The Bertz CT molecular complexity index is 191. The highest BCUT2D eigenvalue weighted by molar-refractivity contribution is 5.74. The van der Waals surface area contributed by atoms with E-state index in [0.717, 1.165) is 39.1 Å². The van der Waals surface area contributed by atoms with Gasteiger partial charge in [0.25, 0.3) is 0 Å². The van der Waals surface area contributed by atoms with Crippen LogP contribution in [0.15, 0.2) is 0 Å². The molecule has 15 heavy (non-hydrogen) atoms. The van der Waals surface area contributed by atoms with Gasteiger partial charge >= 0.3 is 0 Å². The van der Waals surface area contributed by atoms with Gasteiger partial charge in [0.05, 0.1) is 7.11 Å². The summed E-state index contributed by atoms with van der Waals surface area (Å²) >= 11 is 0. The summed E-state index contributed by atoms with van der Waals surface area (Å²) in [4.78, 5) is 18.6. The Morgan fingerprint density at radius 1 is 1.47 bits per heavy atom. The van der Waals surface area contributed by atoms with Gasteiger partial charge in [0.1, 0.15) is 0 Å². The second-order valence-electron chi connectivity index (χ2n) is 3.77. The normalized spacial score (nSPS) is 18.5. The maximum Gasteiger partial charge on any atom is 0.247 e. The molecule has 0 atom stereocenters. The average Bonchev–Trinajstić information content (AvgIpc) is 2.53. The summed E-state index contributed by atoms with van der Waals surface area (Å²) in [6, 6.07) is 0. The first-order valence-electron chi connectivity index (χ1n) is 5.48. The van der Waals surface area contributed by atoms with E-state index in [1.165, 1.54) is 12.2 Å². The van der Waals surface area contributed by atoms with Gasteiger partial charge in [-0.05, 0) is 19.5 Å². The number of hydroxylamine groups is 2. The summed E-state index contributed by atoms with van der Waals surface area (Å²) in [7, 11) is 3.15. The van der Waals surface area contributed by atoms with Gasteiger partial charge in [-0.25, -0.2) is 5.06 Å². The predicted molar refractivity (Wildman–Crippen MR) is 58.3 cm³/mol. The highest BCUT2D eigenvalue weighted by Crippen LogP contribution is 1.99. The summed E-state index contributed by atoms with van der Waals surface area (Å²) in [5.74, 6) is 0.0368. The van der Waals surface area contributed by atoms with Gasteiger partial charge in [0, 0.05) is 33.1 Å². The first-order chi connectivity index (χ1) is 7.24. The van der Waals surface area contributed by atoms with Crippen molar-refractivity contribution in [1.29, 1.82) is 0 Å². The minimum Gasteiger partial charge on any atom is -0.315 e. The van der Waals surface area contributed by atoms with E-state index >= 15 is 0 Å². The van der Waals surface area contributed by atoms with Crippen molar-refractivity contribution in [2.75, 3.05) is 46.9 Å². The fourth-order valence-corrected chi connectivity index (χ4v) is 1.64. The lowest BCUT2D eigenvalue weighted by Crippen LogP contribution is -2.33. The highest BCUT2D eigenvalue weighted by atomic mass is 16.7. The van der Waals surface area contributed by atoms with Gasteiger partial charge in [0.2, 0.25) is 5.91 Å². The van der Waals surface area contributed by atoms with Crippen molar-refractivity contribution < 1.29 is 9.63 Å². The van der Waals surface area contributed by atoms with Crippen molar-refractivity contribution >= 4 is 5.91 Å². The molecule has 1 heterocycles. The van der Waals surface area contributed by atoms with Crippen molar-refractivity contribution in [2.45, 2.75) is 12.8 Å². The van der Waals surface area contributed by atoms with E-state index in [1.54, 1.807) is 7.05 Å². The van der Waals surface area contributed by atoms with E-state index in [4.69, 9.17) is 4.84 Å². The van der Waals surface area contributed by atoms with Crippen LogP contribution >= 0.6 is 0 Å². The maximum absolute atomic E-state index is 11.5. The summed E-state index contributed by atoms with van der Waals surface area (Å²) in [6.07, 6.45) is 1.69. The van der Waals surface area contributed by atoms with Gasteiger partial charge < -0.3 is 10.2 Å². The molecule has 0 radical (unpaired) electrons. The van der Waals surface area contributed by atoms with E-state index < -0.39 is 0 Å². The number of hydrogen-bond donors (Lipinski definition) is 1. The summed E-state index contributed by atoms with van der Waals surface area (Å²) in [5.41, 5.74) is 0. The van der Waals surface area contributed by atoms with E-state index in [1.807, 2.05) is 0 Å². The van der Waals surface area contributed by atoms with Crippen LogP contribution in [0.3, 0.4) is 0 Å². The molecule has 0 unspecified atom stereocenters. The minimum absolute atomic E-state index is 0.0368. The zero-order chi connectivity index (χ0) is 11.1. The van der Waals surface area contributed by atoms with Crippen LogP contribution < -0.4 is 5.32 Å². The van der Waals surface area contributed by atoms with Gasteiger partial charge in [-0.2, -0.15) is 0 Å². The highest BCUT2D eigenvalue weighted by Gasteiger charge is 2.12. The molecule has 1 saturated heterocycles. The molecule has 1 aliphatic heterocycles. The number of carbonyl (C=O) groups excluding carboxylic acids is 1. The van der Waals surface area contributed by atoms with Gasteiger partial charge in [-0.1, -0.05) is 0 Å². The van der Waals surface area contributed by atoms with E-state index in [2.05, 4.69) is 10.2 Å². The number of nitrogens with zero attached hydrogens (tertiary/aromatic N) is 2. The second kappa shape index (κ2) is 6.76. The smallest absolute Gasteiger partial charge is 0.247 e.